The van der Waals surface area contributed by atoms with Gasteiger partial charge in [-0.15, -0.1) is 0 Å². The Kier molecular flexibility index (Phi) is 3.45. The molecular formula is C20H16N4O2. The summed E-state index contributed by atoms with van der Waals surface area (Å²) in [6.45, 7) is 1.13. The normalized spacial score (nSPS) is 12.9. The number of aromatic nitrogens is 3. The number of ether oxygens (including phenoxy) is 2. The van der Waals surface area contributed by atoms with Crippen LogP contribution in [0.25, 0.3) is 16.9 Å². The molecule has 0 amide bonds. The second kappa shape index (κ2) is 6.07. The predicted molar refractivity (Wildman–Crippen MR) is 99.1 cm³/mol. The van der Waals surface area contributed by atoms with Crippen LogP contribution >= 0.6 is 0 Å². The molecule has 0 saturated heterocycles. The van der Waals surface area contributed by atoms with Crippen molar-refractivity contribution in [1.82, 2.24) is 14.4 Å². The number of rotatable bonds is 3. The van der Waals surface area contributed by atoms with E-state index in [1.165, 1.54) is 0 Å². The molecule has 0 saturated carbocycles. The van der Waals surface area contributed by atoms with Crippen molar-refractivity contribution < 1.29 is 9.47 Å². The van der Waals surface area contributed by atoms with Gasteiger partial charge in [-0.25, -0.2) is 9.97 Å². The van der Waals surface area contributed by atoms with Gasteiger partial charge >= 0.3 is 0 Å². The summed E-state index contributed by atoms with van der Waals surface area (Å²) in [5.74, 6) is 3.13. The first-order chi connectivity index (χ1) is 12.9. The first kappa shape index (κ1) is 14.8. The van der Waals surface area contributed by atoms with Crippen molar-refractivity contribution in [3.8, 4) is 22.8 Å². The summed E-state index contributed by atoms with van der Waals surface area (Å²) in [7, 11) is 0. The Hall–Kier alpha value is -3.54. The Morgan fingerprint density at radius 1 is 0.923 bits per heavy atom. The number of fused-ring (bicyclic) bond motifs is 2. The molecule has 0 unspecified atom stereocenters. The van der Waals surface area contributed by atoms with Gasteiger partial charge in [0.1, 0.15) is 36.2 Å². The summed E-state index contributed by atoms with van der Waals surface area (Å²) in [5.41, 5.74) is 2.64. The van der Waals surface area contributed by atoms with E-state index in [1.54, 1.807) is 6.20 Å². The van der Waals surface area contributed by atoms with E-state index in [0.717, 1.165) is 40.0 Å². The first-order valence-corrected chi connectivity index (χ1v) is 8.44. The zero-order chi connectivity index (χ0) is 17.3. The van der Waals surface area contributed by atoms with Gasteiger partial charge in [-0.1, -0.05) is 12.1 Å². The Morgan fingerprint density at radius 3 is 2.69 bits per heavy atom. The lowest BCUT2D eigenvalue weighted by Gasteiger charge is -2.18. The number of nitrogens with one attached hydrogen (secondary N) is 1. The summed E-state index contributed by atoms with van der Waals surface area (Å²) < 4.78 is 13.4. The van der Waals surface area contributed by atoms with Crippen LogP contribution in [0.4, 0.5) is 11.6 Å². The monoisotopic (exact) mass is 344 g/mol. The van der Waals surface area contributed by atoms with E-state index in [9.17, 15) is 0 Å². The minimum Gasteiger partial charge on any atom is -0.486 e. The van der Waals surface area contributed by atoms with Gasteiger partial charge in [-0.05, 0) is 42.5 Å². The molecule has 4 aromatic rings. The van der Waals surface area contributed by atoms with Crippen LogP contribution in [0.5, 0.6) is 11.5 Å². The Labute approximate surface area is 150 Å². The first-order valence-electron chi connectivity index (χ1n) is 8.44. The molecular weight excluding hydrogens is 328 g/mol. The molecule has 1 aliphatic rings. The minimum atomic E-state index is 0.556. The van der Waals surface area contributed by atoms with E-state index >= 15 is 0 Å². The number of imidazole rings is 1. The van der Waals surface area contributed by atoms with Crippen LogP contribution < -0.4 is 14.8 Å². The maximum absolute atomic E-state index is 5.73. The molecule has 0 bridgehead atoms. The molecule has 1 N–H and O–H groups in total. The fourth-order valence-corrected chi connectivity index (χ4v) is 3.07. The number of anilines is 2. The molecule has 6 heteroatoms. The van der Waals surface area contributed by atoms with Crippen molar-refractivity contribution in [2.45, 2.75) is 0 Å². The molecule has 3 aromatic heterocycles. The van der Waals surface area contributed by atoms with Crippen LogP contribution in [0.3, 0.4) is 0 Å². The molecule has 4 heterocycles. The molecule has 6 nitrogen and oxygen atoms in total. The summed E-state index contributed by atoms with van der Waals surface area (Å²) >= 11 is 0. The predicted octanol–water partition coefficient (Wildman–Crippen LogP) is 3.91. The summed E-state index contributed by atoms with van der Waals surface area (Å²) in [6.07, 6.45) is 3.74. The Balaban J connectivity index is 1.66. The Bertz CT molecular complexity index is 1080. The highest BCUT2D eigenvalue weighted by Gasteiger charge is 2.18. The summed E-state index contributed by atoms with van der Waals surface area (Å²) in [5, 5.41) is 3.39. The topological polar surface area (TPSA) is 60.7 Å². The van der Waals surface area contributed by atoms with Crippen molar-refractivity contribution in [2.24, 2.45) is 0 Å². The van der Waals surface area contributed by atoms with Crippen LogP contribution in [-0.2, 0) is 0 Å². The average Bonchev–Trinajstić information content (AvgIpc) is 3.07. The van der Waals surface area contributed by atoms with Gasteiger partial charge in [0.25, 0.3) is 0 Å². The van der Waals surface area contributed by atoms with Crippen molar-refractivity contribution in [2.75, 3.05) is 18.5 Å². The second-order valence-corrected chi connectivity index (χ2v) is 5.94. The number of hydrogen-bond acceptors (Lipinski definition) is 5. The second-order valence-electron chi connectivity index (χ2n) is 5.94. The molecule has 1 aromatic carbocycles. The summed E-state index contributed by atoms with van der Waals surface area (Å²) in [4.78, 5) is 9.17. The molecule has 5 rings (SSSR count). The molecule has 0 spiro atoms. The van der Waals surface area contributed by atoms with Crippen LogP contribution in [-0.4, -0.2) is 27.6 Å². The van der Waals surface area contributed by atoms with Crippen LogP contribution in [0, 0.1) is 0 Å². The van der Waals surface area contributed by atoms with E-state index in [2.05, 4.69) is 10.3 Å². The lowest BCUT2D eigenvalue weighted by Crippen LogP contribution is -2.15. The molecule has 26 heavy (non-hydrogen) atoms. The van der Waals surface area contributed by atoms with Gasteiger partial charge in [0.2, 0.25) is 0 Å². The van der Waals surface area contributed by atoms with Crippen molar-refractivity contribution in [3.05, 3.63) is 67.0 Å². The van der Waals surface area contributed by atoms with E-state index in [1.807, 2.05) is 65.2 Å². The summed E-state index contributed by atoms with van der Waals surface area (Å²) in [6, 6.07) is 17.6. The smallest absolute Gasteiger partial charge is 0.162 e. The van der Waals surface area contributed by atoms with Crippen LogP contribution in [0.15, 0.2) is 67.0 Å². The van der Waals surface area contributed by atoms with Crippen molar-refractivity contribution >= 4 is 17.3 Å². The van der Waals surface area contributed by atoms with Gasteiger partial charge in [-0.2, -0.15) is 0 Å². The van der Waals surface area contributed by atoms with Gasteiger partial charge in [0.05, 0.1) is 0 Å². The third-order valence-electron chi connectivity index (χ3n) is 4.26. The number of benzene rings is 1. The van der Waals surface area contributed by atoms with E-state index in [0.29, 0.717) is 13.2 Å². The van der Waals surface area contributed by atoms with Gasteiger partial charge in [-0.3, -0.25) is 4.40 Å². The SMILES string of the molecule is c1ccc(Nc2c(-c3ccc4c(c3)OCCO4)nc3ccccn23)nc1. The molecule has 0 radical (unpaired) electrons. The van der Waals surface area contributed by atoms with Gasteiger partial charge < -0.3 is 14.8 Å². The number of hydrogen-bond donors (Lipinski definition) is 1. The zero-order valence-corrected chi connectivity index (χ0v) is 13.9. The zero-order valence-electron chi connectivity index (χ0n) is 13.9. The number of nitrogens with zero attached hydrogens (tertiary/aromatic N) is 3. The third-order valence-corrected chi connectivity index (χ3v) is 4.26. The van der Waals surface area contributed by atoms with Gasteiger partial charge in [0.15, 0.2) is 11.5 Å². The van der Waals surface area contributed by atoms with E-state index in [-0.39, 0.29) is 0 Å². The molecule has 0 fully saturated rings. The van der Waals surface area contributed by atoms with Crippen LogP contribution in [0.2, 0.25) is 0 Å². The number of pyridine rings is 2. The fourth-order valence-electron chi connectivity index (χ4n) is 3.07. The molecule has 1 aliphatic heterocycles. The lowest BCUT2D eigenvalue weighted by atomic mass is 10.1. The fraction of sp³-hybridized carbons (Fsp3) is 0.100. The van der Waals surface area contributed by atoms with Crippen LogP contribution in [0.1, 0.15) is 0 Å². The maximum atomic E-state index is 5.73. The Morgan fingerprint density at radius 2 is 1.81 bits per heavy atom. The standard InChI is InChI=1S/C20H16N4O2/c1-3-9-21-17(5-1)22-20-19(23-18-6-2-4-10-24(18)20)14-7-8-15-16(13-14)26-12-11-25-15/h1-10,13H,11-12H2,(H,21,22). The highest BCUT2D eigenvalue weighted by Crippen LogP contribution is 2.37. The minimum absolute atomic E-state index is 0.556. The maximum Gasteiger partial charge on any atom is 0.162 e. The van der Waals surface area contributed by atoms with E-state index < -0.39 is 0 Å². The highest BCUT2D eigenvalue weighted by molar-refractivity contribution is 5.80. The third kappa shape index (κ3) is 2.52. The van der Waals surface area contributed by atoms with Gasteiger partial charge in [0, 0.05) is 18.0 Å². The molecule has 0 atom stereocenters. The average molecular weight is 344 g/mol. The molecule has 0 aliphatic carbocycles. The van der Waals surface area contributed by atoms with E-state index in [4.69, 9.17) is 14.5 Å². The largest absolute Gasteiger partial charge is 0.486 e. The quantitative estimate of drug-likeness (QED) is 0.610. The van der Waals surface area contributed by atoms with Crippen molar-refractivity contribution in [3.63, 3.8) is 0 Å². The highest BCUT2D eigenvalue weighted by atomic mass is 16.6. The van der Waals surface area contributed by atoms with Crippen molar-refractivity contribution in [1.29, 1.82) is 0 Å². The molecule has 128 valence electrons. The lowest BCUT2D eigenvalue weighted by molar-refractivity contribution is 0.171.